The molecule has 2 aliphatic rings. The number of hydrogen-bond acceptors (Lipinski definition) is 7. The number of rotatable bonds is 7. The van der Waals surface area contributed by atoms with Gasteiger partial charge in [0.15, 0.2) is 23.0 Å². The fourth-order valence-electron chi connectivity index (χ4n) is 4.24. The normalized spacial score (nSPS) is 14.1. The van der Waals surface area contributed by atoms with E-state index in [4.69, 9.17) is 18.9 Å². The molecule has 0 radical (unpaired) electrons. The van der Waals surface area contributed by atoms with E-state index in [-0.39, 0.29) is 23.2 Å². The number of carbonyl (C=O) groups is 1. The van der Waals surface area contributed by atoms with Crippen molar-refractivity contribution in [2.45, 2.75) is 11.3 Å². The number of para-hydroxylation sites is 1. The molecule has 0 bridgehead atoms. The van der Waals surface area contributed by atoms with Crippen LogP contribution in [0.25, 0.3) is 6.08 Å². The van der Waals surface area contributed by atoms with Gasteiger partial charge in [0.1, 0.15) is 4.90 Å². The van der Waals surface area contributed by atoms with Crippen LogP contribution in [0.4, 0.5) is 11.4 Å². The van der Waals surface area contributed by atoms with Crippen LogP contribution in [0, 0.1) is 0 Å². The summed E-state index contributed by atoms with van der Waals surface area (Å²) in [4.78, 5) is 12.5. The minimum Gasteiger partial charge on any atom is -0.493 e. The number of hydrogen-bond donors (Lipinski definition) is 1. The van der Waals surface area contributed by atoms with Crippen LogP contribution in [0.15, 0.2) is 65.6 Å². The summed E-state index contributed by atoms with van der Waals surface area (Å²) in [6.07, 6.45) is 3.45. The molecule has 0 spiro atoms. The van der Waals surface area contributed by atoms with Gasteiger partial charge in [0.05, 0.1) is 19.9 Å². The Kier molecular flexibility index (Phi) is 6.19. The van der Waals surface area contributed by atoms with Crippen LogP contribution in [0.2, 0.25) is 0 Å². The Balaban J connectivity index is 1.44. The number of anilines is 2. The maximum absolute atomic E-state index is 13.7. The molecule has 2 aliphatic heterocycles. The van der Waals surface area contributed by atoms with Crippen LogP contribution in [0.1, 0.15) is 11.1 Å². The Hall–Kier alpha value is -4.18. The Morgan fingerprint density at radius 1 is 1.03 bits per heavy atom. The van der Waals surface area contributed by atoms with Crippen molar-refractivity contribution < 1.29 is 32.2 Å². The number of nitrogens with one attached hydrogen (secondary N) is 1. The highest BCUT2D eigenvalue weighted by Crippen LogP contribution is 2.41. The van der Waals surface area contributed by atoms with Crippen molar-refractivity contribution in [1.29, 1.82) is 0 Å². The lowest BCUT2D eigenvalue weighted by Crippen LogP contribution is -2.29. The first-order chi connectivity index (χ1) is 17.4. The topological polar surface area (TPSA) is 103 Å². The van der Waals surface area contributed by atoms with Gasteiger partial charge in [-0.25, -0.2) is 8.42 Å². The predicted octanol–water partition coefficient (Wildman–Crippen LogP) is 3.84. The summed E-state index contributed by atoms with van der Waals surface area (Å²) in [5, 5.41) is 2.75. The third-order valence-corrected chi connectivity index (χ3v) is 7.77. The van der Waals surface area contributed by atoms with E-state index in [1.807, 2.05) is 18.2 Å². The number of fused-ring (bicyclic) bond motifs is 2. The van der Waals surface area contributed by atoms with Gasteiger partial charge in [-0.1, -0.05) is 18.2 Å². The van der Waals surface area contributed by atoms with Gasteiger partial charge < -0.3 is 24.3 Å². The van der Waals surface area contributed by atoms with Crippen LogP contribution < -0.4 is 28.6 Å². The van der Waals surface area contributed by atoms with Gasteiger partial charge in [0, 0.05) is 24.4 Å². The van der Waals surface area contributed by atoms with Crippen molar-refractivity contribution in [3.8, 4) is 23.0 Å². The molecular formula is C26H24N2O7S. The summed E-state index contributed by atoms with van der Waals surface area (Å²) in [7, 11) is -1.15. The Bertz CT molecular complexity index is 1470. The van der Waals surface area contributed by atoms with E-state index >= 15 is 0 Å². The van der Waals surface area contributed by atoms with E-state index in [1.165, 1.54) is 36.7 Å². The second-order valence-electron chi connectivity index (χ2n) is 8.10. The summed E-state index contributed by atoms with van der Waals surface area (Å²) in [5.74, 6) is 1.10. The summed E-state index contributed by atoms with van der Waals surface area (Å²) in [5.41, 5.74) is 2.60. The lowest BCUT2D eigenvalue weighted by molar-refractivity contribution is -0.111. The molecule has 1 amide bonds. The Labute approximate surface area is 208 Å². The van der Waals surface area contributed by atoms with E-state index < -0.39 is 15.9 Å². The molecule has 0 aromatic heterocycles. The molecule has 186 valence electrons. The van der Waals surface area contributed by atoms with Gasteiger partial charge >= 0.3 is 0 Å². The lowest BCUT2D eigenvalue weighted by atomic mass is 10.2. The Morgan fingerprint density at radius 3 is 2.64 bits per heavy atom. The van der Waals surface area contributed by atoms with Crippen LogP contribution in [0.5, 0.6) is 23.0 Å². The third kappa shape index (κ3) is 4.31. The van der Waals surface area contributed by atoms with Crippen molar-refractivity contribution in [3.63, 3.8) is 0 Å². The monoisotopic (exact) mass is 508 g/mol. The summed E-state index contributed by atoms with van der Waals surface area (Å²) < 4.78 is 50.3. The lowest BCUT2D eigenvalue weighted by Gasteiger charge is -2.22. The molecule has 0 saturated heterocycles. The SMILES string of the molecule is COc1cc(/C=C/C(=O)Nc2ccc3c(c2)OCO3)cc(S(=O)(=O)N2CCc3ccccc32)c1OC. The maximum atomic E-state index is 13.7. The first-order valence-corrected chi connectivity index (χ1v) is 12.6. The Morgan fingerprint density at radius 2 is 1.83 bits per heavy atom. The fraction of sp³-hybridized carbons (Fsp3) is 0.192. The number of nitrogens with zero attached hydrogens (tertiary/aromatic N) is 1. The first-order valence-electron chi connectivity index (χ1n) is 11.2. The average Bonchev–Trinajstić information content (AvgIpc) is 3.54. The highest BCUT2D eigenvalue weighted by atomic mass is 32.2. The van der Waals surface area contributed by atoms with Gasteiger partial charge in [-0.3, -0.25) is 9.10 Å². The minimum absolute atomic E-state index is 0.0446. The highest BCUT2D eigenvalue weighted by Gasteiger charge is 2.34. The molecule has 9 nitrogen and oxygen atoms in total. The predicted molar refractivity (Wildman–Crippen MR) is 134 cm³/mol. The molecule has 36 heavy (non-hydrogen) atoms. The quantitative estimate of drug-likeness (QED) is 0.484. The molecule has 3 aromatic rings. The minimum atomic E-state index is -3.97. The summed E-state index contributed by atoms with van der Waals surface area (Å²) in [6, 6.07) is 15.6. The van der Waals surface area contributed by atoms with Crippen molar-refractivity contribution in [2.24, 2.45) is 0 Å². The van der Waals surface area contributed by atoms with E-state index in [9.17, 15) is 13.2 Å². The second-order valence-corrected chi connectivity index (χ2v) is 9.93. The van der Waals surface area contributed by atoms with E-state index in [0.717, 1.165) is 5.56 Å². The van der Waals surface area contributed by atoms with Crippen molar-refractivity contribution in [3.05, 3.63) is 71.8 Å². The van der Waals surface area contributed by atoms with E-state index in [1.54, 1.807) is 30.3 Å². The first kappa shape index (κ1) is 23.6. The van der Waals surface area contributed by atoms with Gasteiger partial charge in [-0.15, -0.1) is 0 Å². The van der Waals surface area contributed by atoms with E-state index in [0.29, 0.717) is 41.4 Å². The molecule has 3 aromatic carbocycles. The average molecular weight is 509 g/mol. The van der Waals surface area contributed by atoms with Crippen LogP contribution >= 0.6 is 0 Å². The highest BCUT2D eigenvalue weighted by molar-refractivity contribution is 7.93. The second kappa shape index (κ2) is 9.46. The largest absolute Gasteiger partial charge is 0.493 e. The smallest absolute Gasteiger partial charge is 0.268 e. The third-order valence-electron chi connectivity index (χ3n) is 5.95. The van der Waals surface area contributed by atoms with Crippen molar-refractivity contribution >= 4 is 33.4 Å². The molecule has 10 heteroatoms. The van der Waals surface area contributed by atoms with Gasteiger partial charge in [0.2, 0.25) is 12.7 Å². The number of carbonyl (C=O) groups excluding carboxylic acids is 1. The molecule has 1 N–H and O–H groups in total. The molecular weight excluding hydrogens is 484 g/mol. The molecule has 0 saturated carbocycles. The van der Waals surface area contributed by atoms with Gasteiger partial charge in [0.25, 0.3) is 10.0 Å². The molecule has 0 atom stereocenters. The number of methoxy groups -OCH3 is 2. The zero-order valence-electron chi connectivity index (χ0n) is 19.7. The van der Waals surface area contributed by atoms with Crippen LogP contribution in [0.3, 0.4) is 0 Å². The van der Waals surface area contributed by atoms with Crippen molar-refractivity contribution in [2.75, 3.05) is 37.2 Å². The number of ether oxygens (including phenoxy) is 4. The number of sulfonamides is 1. The van der Waals surface area contributed by atoms with Crippen LogP contribution in [-0.4, -0.2) is 41.9 Å². The molecule has 2 heterocycles. The molecule has 0 unspecified atom stereocenters. The number of amides is 1. The van der Waals surface area contributed by atoms with Gasteiger partial charge in [-0.2, -0.15) is 0 Å². The summed E-state index contributed by atoms with van der Waals surface area (Å²) in [6.45, 7) is 0.464. The zero-order chi connectivity index (χ0) is 25.3. The maximum Gasteiger partial charge on any atom is 0.268 e. The fourth-order valence-corrected chi connectivity index (χ4v) is 5.95. The molecule has 5 rings (SSSR count). The summed E-state index contributed by atoms with van der Waals surface area (Å²) >= 11 is 0. The molecule has 0 aliphatic carbocycles. The van der Waals surface area contributed by atoms with E-state index in [2.05, 4.69) is 5.32 Å². The van der Waals surface area contributed by atoms with Crippen molar-refractivity contribution in [1.82, 2.24) is 0 Å². The standard InChI is InChI=1S/C26H24N2O7S/c1-32-23-13-17(7-10-25(29)27-19-8-9-21-22(15-19)35-16-34-21)14-24(26(23)33-2)36(30,31)28-12-11-18-5-3-4-6-20(18)28/h3-10,13-15H,11-12,16H2,1-2H3,(H,27,29)/b10-7+. The number of benzene rings is 3. The zero-order valence-corrected chi connectivity index (χ0v) is 20.5. The molecule has 0 fully saturated rings. The van der Waals surface area contributed by atoms with Crippen LogP contribution in [-0.2, 0) is 21.2 Å². The van der Waals surface area contributed by atoms with Gasteiger partial charge in [-0.05, 0) is 54.0 Å².